The molecule has 0 saturated carbocycles. The van der Waals surface area contributed by atoms with Crippen molar-refractivity contribution in [1.29, 1.82) is 0 Å². The van der Waals surface area contributed by atoms with Crippen molar-refractivity contribution < 1.29 is 14.4 Å². The van der Waals surface area contributed by atoms with Crippen molar-refractivity contribution in [3.63, 3.8) is 0 Å². The molecule has 1 aromatic heterocycles. The van der Waals surface area contributed by atoms with E-state index in [2.05, 4.69) is 24.3 Å². The molecule has 1 saturated heterocycles. The molecule has 0 radical (unpaired) electrons. The molecular weight excluding hydrogens is 394 g/mol. The van der Waals surface area contributed by atoms with E-state index in [1.54, 1.807) is 4.68 Å². The molecule has 0 aliphatic carbocycles. The van der Waals surface area contributed by atoms with E-state index in [0.29, 0.717) is 63.6 Å². The van der Waals surface area contributed by atoms with Gasteiger partial charge in [0, 0.05) is 69.3 Å². The maximum atomic E-state index is 13.3. The van der Waals surface area contributed by atoms with Crippen molar-refractivity contribution >= 4 is 17.7 Å². The Hall–Kier alpha value is -2.38. The molecule has 3 rings (SSSR count). The highest BCUT2D eigenvalue weighted by Gasteiger charge is 2.34. The number of carbonyl (C=O) groups is 3. The lowest BCUT2D eigenvalue weighted by atomic mass is 9.95. The molecule has 2 aliphatic heterocycles. The van der Waals surface area contributed by atoms with E-state index in [1.807, 2.05) is 30.7 Å². The Morgan fingerprint density at radius 3 is 2.35 bits per heavy atom. The van der Waals surface area contributed by atoms with E-state index in [0.717, 1.165) is 17.7 Å². The van der Waals surface area contributed by atoms with Crippen LogP contribution in [0.15, 0.2) is 0 Å². The lowest BCUT2D eigenvalue weighted by Gasteiger charge is -2.32. The summed E-state index contributed by atoms with van der Waals surface area (Å²) >= 11 is 0. The van der Waals surface area contributed by atoms with Crippen molar-refractivity contribution in [3.05, 3.63) is 17.0 Å². The van der Waals surface area contributed by atoms with E-state index in [4.69, 9.17) is 0 Å². The summed E-state index contributed by atoms with van der Waals surface area (Å²) in [6, 6.07) is 0. The number of nitrogens with one attached hydrogen (secondary N) is 1. The SMILES string of the molecule is CC(C)CCNC(=O)C1CCN(C(=O)c2nn(C)c3c2CN(C(=O)C(C)C)CC3)CC1. The molecular formula is C23H37N5O3. The van der Waals surface area contributed by atoms with E-state index in [9.17, 15) is 14.4 Å². The summed E-state index contributed by atoms with van der Waals surface area (Å²) in [6.45, 7) is 11.0. The number of hydrogen-bond donors (Lipinski definition) is 1. The molecule has 3 amide bonds. The second kappa shape index (κ2) is 9.83. The fourth-order valence-corrected chi connectivity index (χ4v) is 4.44. The monoisotopic (exact) mass is 431 g/mol. The average molecular weight is 432 g/mol. The first-order valence-corrected chi connectivity index (χ1v) is 11.6. The third-order valence-electron chi connectivity index (χ3n) is 6.42. The smallest absolute Gasteiger partial charge is 0.274 e. The van der Waals surface area contributed by atoms with Crippen molar-refractivity contribution in [1.82, 2.24) is 24.9 Å². The molecule has 0 unspecified atom stereocenters. The van der Waals surface area contributed by atoms with Crippen molar-refractivity contribution in [2.24, 2.45) is 24.8 Å². The molecule has 172 valence electrons. The first-order chi connectivity index (χ1) is 14.7. The highest BCUT2D eigenvalue weighted by Crippen LogP contribution is 2.26. The van der Waals surface area contributed by atoms with Gasteiger partial charge in [-0.15, -0.1) is 0 Å². The molecule has 3 heterocycles. The van der Waals surface area contributed by atoms with Crippen LogP contribution in [0.5, 0.6) is 0 Å². The normalized spacial score (nSPS) is 17.3. The zero-order valence-electron chi connectivity index (χ0n) is 19.6. The summed E-state index contributed by atoms with van der Waals surface area (Å²) in [4.78, 5) is 41.8. The Balaban J connectivity index is 1.62. The van der Waals surface area contributed by atoms with Crippen LogP contribution in [0.25, 0.3) is 0 Å². The second-order valence-corrected chi connectivity index (χ2v) is 9.60. The fraction of sp³-hybridized carbons (Fsp3) is 0.739. The Morgan fingerprint density at radius 1 is 1.06 bits per heavy atom. The summed E-state index contributed by atoms with van der Waals surface area (Å²) in [6.07, 6.45) is 3.03. The molecule has 0 bridgehead atoms. The maximum Gasteiger partial charge on any atom is 0.274 e. The second-order valence-electron chi connectivity index (χ2n) is 9.60. The Kier molecular flexibility index (Phi) is 7.38. The van der Waals surface area contributed by atoms with Gasteiger partial charge < -0.3 is 15.1 Å². The van der Waals surface area contributed by atoms with Gasteiger partial charge in [0.15, 0.2) is 5.69 Å². The molecule has 1 fully saturated rings. The standard InChI is InChI=1S/C23H37N5O3/c1-15(2)6-10-24-21(29)17-7-11-27(12-8-17)23(31)20-18-14-28(22(30)16(3)4)13-9-19(18)26(5)25-20/h15-17H,6-14H2,1-5H3,(H,24,29). The molecule has 31 heavy (non-hydrogen) atoms. The largest absolute Gasteiger partial charge is 0.356 e. The van der Waals surface area contributed by atoms with E-state index < -0.39 is 0 Å². The molecule has 1 aromatic rings. The zero-order valence-corrected chi connectivity index (χ0v) is 19.6. The van der Waals surface area contributed by atoms with Gasteiger partial charge in [-0.3, -0.25) is 19.1 Å². The highest BCUT2D eigenvalue weighted by atomic mass is 16.2. The summed E-state index contributed by atoms with van der Waals surface area (Å²) in [5.74, 6) is 0.587. The van der Waals surface area contributed by atoms with Gasteiger partial charge in [-0.05, 0) is 25.2 Å². The van der Waals surface area contributed by atoms with Crippen molar-refractivity contribution in [2.75, 3.05) is 26.2 Å². The molecule has 0 atom stereocenters. The molecule has 8 nitrogen and oxygen atoms in total. The first-order valence-electron chi connectivity index (χ1n) is 11.6. The van der Waals surface area contributed by atoms with Crippen LogP contribution in [0.3, 0.4) is 0 Å². The van der Waals surface area contributed by atoms with Gasteiger partial charge >= 0.3 is 0 Å². The van der Waals surface area contributed by atoms with Crippen LogP contribution < -0.4 is 5.32 Å². The Bertz CT molecular complexity index is 821. The van der Waals surface area contributed by atoms with Crippen LogP contribution in [0.1, 0.15) is 68.7 Å². The minimum Gasteiger partial charge on any atom is -0.356 e. The van der Waals surface area contributed by atoms with Gasteiger partial charge in [-0.2, -0.15) is 5.10 Å². The topological polar surface area (TPSA) is 87.5 Å². The quantitative estimate of drug-likeness (QED) is 0.746. The number of carbonyl (C=O) groups excluding carboxylic acids is 3. The predicted molar refractivity (Wildman–Crippen MR) is 118 cm³/mol. The van der Waals surface area contributed by atoms with Gasteiger partial charge in [-0.1, -0.05) is 27.7 Å². The minimum atomic E-state index is -0.0886. The van der Waals surface area contributed by atoms with Gasteiger partial charge in [0.25, 0.3) is 5.91 Å². The van der Waals surface area contributed by atoms with E-state index in [-0.39, 0.29) is 29.6 Å². The van der Waals surface area contributed by atoms with Gasteiger partial charge in [0.1, 0.15) is 0 Å². The highest BCUT2D eigenvalue weighted by molar-refractivity contribution is 5.94. The molecule has 8 heteroatoms. The average Bonchev–Trinajstić information content (AvgIpc) is 3.08. The number of hydrogen-bond acceptors (Lipinski definition) is 4. The van der Waals surface area contributed by atoms with Crippen LogP contribution in [0, 0.1) is 17.8 Å². The molecule has 0 aromatic carbocycles. The lowest BCUT2D eigenvalue weighted by molar-refractivity contribution is -0.135. The van der Waals surface area contributed by atoms with Crippen LogP contribution in [0.2, 0.25) is 0 Å². The van der Waals surface area contributed by atoms with E-state index in [1.165, 1.54) is 0 Å². The lowest BCUT2D eigenvalue weighted by Crippen LogP contribution is -2.44. The van der Waals surface area contributed by atoms with Crippen LogP contribution in [-0.4, -0.2) is 63.5 Å². The number of aryl methyl sites for hydroxylation is 1. The zero-order chi connectivity index (χ0) is 22.7. The maximum absolute atomic E-state index is 13.3. The summed E-state index contributed by atoms with van der Waals surface area (Å²) in [5.41, 5.74) is 2.37. The van der Waals surface area contributed by atoms with Crippen LogP contribution in [0.4, 0.5) is 0 Å². The van der Waals surface area contributed by atoms with Gasteiger partial charge in [-0.25, -0.2) is 0 Å². The summed E-state index contributed by atoms with van der Waals surface area (Å²) in [5, 5.41) is 7.56. The number of nitrogens with zero attached hydrogens (tertiary/aromatic N) is 4. The van der Waals surface area contributed by atoms with E-state index >= 15 is 0 Å². The minimum absolute atomic E-state index is 0.0342. The number of fused-ring (bicyclic) bond motifs is 1. The Morgan fingerprint density at radius 2 is 1.74 bits per heavy atom. The van der Waals surface area contributed by atoms with Gasteiger partial charge in [0.05, 0.1) is 0 Å². The summed E-state index contributed by atoms with van der Waals surface area (Å²) in [7, 11) is 1.86. The third kappa shape index (κ3) is 5.28. The van der Waals surface area contributed by atoms with Crippen molar-refractivity contribution in [2.45, 2.75) is 59.9 Å². The number of rotatable bonds is 6. The molecule has 1 N–H and O–H groups in total. The van der Waals surface area contributed by atoms with Gasteiger partial charge in [0.2, 0.25) is 11.8 Å². The first kappa shape index (κ1) is 23.3. The Labute approximate surface area is 185 Å². The number of amides is 3. The third-order valence-corrected chi connectivity index (χ3v) is 6.42. The molecule has 2 aliphatic rings. The number of piperidine rings is 1. The van der Waals surface area contributed by atoms with Crippen LogP contribution in [-0.2, 0) is 29.6 Å². The molecule has 0 spiro atoms. The number of likely N-dealkylation sites (tertiary alicyclic amines) is 1. The number of aromatic nitrogens is 2. The fourth-order valence-electron chi connectivity index (χ4n) is 4.44. The predicted octanol–water partition coefficient (Wildman–Crippen LogP) is 1.98. The van der Waals surface area contributed by atoms with Crippen LogP contribution >= 0.6 is 0 Å². The van der Waals surface area contributed by atoms with Crippen molar-refractivity contribution in [3.8, 4) is 0 Å². The summed E-state index contributed by atoms with van der Waals surface area (Å²) < 4.78 is 1.79.